The van der Waals surface area contributed by atoms with E-state index >= 15 is 0 Å². The van der Waals surface area contributed by atoms with E-state index in [2.05, 4.69) is 34.6 Å². The van der Waals surface area contributed by atoms with Crippen molar-refractivity contribution in [1.29, 1.82) is 0 Å². The zero-order chi connectivity index (χ0) is 68.4. The molecule has 0 radical (unpaired) electrons. The maximum atomic E-state index is 13.1. The van der Waals surface area contributed by atoms with Gasteiger partial charge in [0.15, 0.2) is 12.2 Å². The van der Waals surface area contributed by atoms with Crippen LogP contribution in [0.3, 0.4) is 0 Å². The summed E-state index contributed by atoms with van der Waals surface area (Å²) in [5.41, 5.74) is 0. The maximum absolute atomic E-state index is 13.1. The van der Waals surface area contributed by atoms with Crippen LogP contribution in [0.2, 0.25) is 0 Å². The second kappa shape index (κ2) is 67.3. The van der Waals surface area contributed by atoms with Crippen molar-refractivity contribution in [3.8, 4) is 0 Å². The Balaban J connectivity index is 5.17. The lowest BCUT2D eigenvalue weighted by molar-refractivity contribution is -0.161. The van der Waals surface area contributed by atoms with E-state index < -0.39 is 97.5 Å². The molecule has 0 heterocycles. The zero-order valence-electron chi connectivity index (χ0n) is 60.4. The van der Waals surface area contributed by atoms with Gasteiger partial charge < -0.3 is 33.8 Å². The van der Waals surface area contributed by atoms with Crippen LogP contribution in [0.1, 0.15) is 388 Å². The summed E-state index contributed by atoms with van der Waals surface area (Å²) in [6.45, 7) is 7.29. The summed E-state index contributed by atoms with van der Waals surface area (Å²) in [6, 6.07) is 0. The predicted octanol–water partition coefficient (Wildman–Crippen LogP) is 21.7. The highest BCUT2D eigenvalue weighted by Crippen LogP contribution is 2.45. The van der Waals surface area contributed by atoms with Crippen LogP contribution in [0.15, 0.2) is 0 Å². The maximum Gasteiger partial charge on any atom is 0.472 e. The zero-order valence-corrected chi connectivity index (χ0v) is 62.2. The highest BCUT2D eigenvalue weighted by atomic mass is 31.2. The molecular weight excluding hydrogens is 1220 g/mol. The molecule has 0 amide bonds. The standard InChI is InChI=1S/C74H144O17P2/c1-6-9-12-15-18-21-23-34-38-43-48-53-58-72(77)85-64-70(91-74(79)60-55-50-45-40-35-31-29-27-25-24-26-28-30-33-37-41-46-51-56-67(4)5)66-89-93(82,83)87-62-68(75)61-86-92(80,81)88-65-69(63-84-71(76)57-52-47-42-36-20-17-14-11-8-3)90-73(78)59-54-49-44-39-32-22-19-16-13-10-7-2/h67-70,75H,6-66H2,1-5H3,(H,80,81)(H,82,83)/t68-,69+,70+/m0/s1. The van der Waals surface area contributed by atoms with Gasteiger partial charge in [0.2, 0.25) is 0 Å². The van der Waals surface area contributed by atoms with Gasteiger partial charge in [0.05, 0.1) is 26.4 Å². The molecule has 0 saturated carbocycles. The minimum absolute atomic E-state index is 0.107. The van der Waals surface area contributed by atoms with Gasteiger partial charge in [0, 0.05) is 25.7 Å². The van der Waals surface area contributed by atoms with Gasteiger partial charge in [-0.2, -0.15) is 0 Å². The second-order valence-electron chi connectivity index (χ2n) is 27.2. The van der Waals surface area contributed by atoms with Crippen molar-refractivity contribution >= 4 is 39.5 Å². The van der Waals surface area contributed by atoms with Gasteiger partial charge in [0.25, 0.3) is 0 Å². The van der Waals surface area contributed by atoms with Gasteiger partial charge in [-0.3, -0.25) is 37.3 Å². The number of ether oxygens (including phenoxy) is 4. The first kappa shape index (κ1) is 91.1. The fourth-order valence-corrected chi connectivity index (χ4v) is 12.9. The molecule has 19 heteroatoms. The lowest BCUT2D eigenvalue weighted by atomic mass is 10.0. The summed E-state index contributed by atoms with van der Waals surface area (Å²) >= 11 is 0. The van der Waals surface area contributed by atoms with Crippen molar-refractivity contribution in [2.24, 2.45) is 5.92 Å². The largest absolute Gasteiger partial charge is 0.472 e. The number of rotatable bonds is 74. The third-order valence-electron chi connectivity index (χ3n) is 17.3. The van der Waals surface area contributed by atoms with E-state index in [9.17, 15) is 43.2 Å². The van der Waals surface area contributed by atoms with E-state index in [0.717, 1.165) is 95.8 Å². The normalized spacial score (nSPS) is 14.0. The minimum Gasteiger partial charge on any atom is -0.462 e. The fourth-order valence-electron chi connectivity index (χ4n) is 11.4. The van der Waals surface area contributed by atoms with Crippen molar-refractivity contribution < 1.29 is 80.2 Å². The molecule has 5 atom stereocenters. The Morgan fingerprint density at radius 1 is 0.290 bits per heavy atom. The Morgan fingerprint density at radius 2 is 0.495 bits per heavy atom. The number of aliphatic hydroxyl groups is 1. The molecule has 552 valence electrons. The monoisotopic (exact) mass is 1370 g/mol. The van der Waals surface area contributed by atoms with Gasteiger partial charge >= 0.3 is 39.5 Å². The lowest BCUT2D eigenvalue weighted by Gasteiger charge is -2.21. The fraction of sp³-hybridized carbons (Fsp3) is 0.946. The van der Waals surface area contributed by atoms with E-state index in [1.807, 2.05) is 0 Å². The van der Waals surface area contributed by atoms with Crippen molar-refractivity contribution in [3.63, 3.8) is 0 Å². The molecule has 0 aliphatic carbocycles. The molecule has 93 heavy (non-hydrogen) atoms. The number of esters is 4. The van der Waals surface area contributed by atoms with Crippen molar-refractivity contribution in [1.82, 2.24) is 0 Å². The molecule has 0 aromatic carbocycles. The average molecular weight is 1370 g/mol. The van der Waals surface area contributed by atoms with Crippen LogP contribution in [0.25, 0.3) is 0 Å². The van der Waals surface area contributed by atoms with E-state index in [1.165, 1.54) is 212 Å². The number of unbranched alkanes of at least 4 members (excludes halogenated alkanes) is 46. The van der Waals surface area contributed by atoms with Gasteiger partial charge in [-0.1, -0.05) is 336 Å². The van der Waals surface area contributed by atoms with E-state index in [0.29, 0.717) is 25.7 Å². The van der Waals surface area contributed by atoms with Crippen LogP contribution in [0, 0.1) is 5.92 Å². The van der Waals surface area contributed by atoms with Gasteiger partial charge in [-0.05, 0) is 31.6 Å². The number of phosphoric ester groups is 2. The van der Waals surface area contributed by atoms with Crippen LogP contribution in [0.5, 0.6) is 0 Å². The summed E-state index contributed by atoms with van der Waals surface area (Å²) in [7, 11) is -9.90. The van der Waals surface area contributed by atoms with Crippen molar-refractivity contribution in [2.45, 2.75) is 406 Å². The Labute approximate surface area is 568 Å². The predicted molar refractivity (Wildman–Crippen MR) is 377 cm³/mol. The smallest absolute Gasteiger partial charge is 0.462 e. The highest BCUT2D eigenvalue weighted by molar-refractivity contribution is 7.47. The first-order chi connectivity index (χ1) is 45.0. The number of hydrogen-bond donors (Lipinski definition) is 3. The minimum atomic E-state index is -4.95. The van der Waals surface area contributed by atoms with Crippen LogP contribution in [-0.2, 0) is 65.4 Å². The highest BCUT2D eigenvalue weighted by Gasteiger charge is 2.30. The Morgan fingerprint density at radius 3 is 0.731 bits per heavy atom. The lowest BCUT2D eigenvalue weighted by Crippen LogP contribution is -2.30. The molecule has 0 bridgehead atoms. The molecule has 0 aromatic heterocycles. The molecule has 0 fully saturated rings. The molecule has 0 aliphatic heterocycles. The van der Waals surface area contributed by atoms with Gasteiger partial charge in [-0.25, -0.2) is 9.13 Å². The molecule has 0 rings (SSSR count). The summed E-state index contributed by atoms with van der Waals surface area (Å²) in [5.74, 6) is -1.30. The number of carbonyl (C=O) groups is 4. The first-order valence-electron chi connectivity index (χ1n) is 38.6. The van der Waals surface area contributed by atoms with E-state index in [4.69, 9.17) is 37.0 Å². The third kappa shape index (κ3) is 68.4. The second-order valence-corrected chi connectivity index (χ2v) is 30.1. The summed E-state index contributed by atoms with van der Waals surface area (Å²) in [4.78, 5) is 72.6. The average Bonchev–Trinajstić information content (AvgIpc) is 1.76. The van der Waals surface area contributed by atoms with Gasteiger partial charge in [0.1, 0.15) is 19.3 Å². The summed E-state index contributed by atoms with van der Waals surface area (Å²) in [6.07, 6.45) is 55.5. The molecule has 0 saturated heterocycles. The number of phosphoric acid groups is 2. The van der Waals surface area contributed by atoms with Gasteiger partial charge in [-0.15, -0.1) is 0 Å². The SMILES string of the molecule is CCCCCCCCCCCCCCC(=O)OC[C@H](COP(=O)(O)OC[C@@H](O)COP(=O)(O)OC[C@@H](COC(=O)CCCCCCCCCCC)OC(=O)CCCCCCCCCCCCC)OC(=O)CCCCCCCCCCCCCCCCCCCCC(C)C. The number of carbonyl (C=O) groups excluding carboxylic acids is 4. The molecule has 3 N–H and O–H groups in total. The van der Waals surface area contributed by atoms with Crippen molar-refractivity contribution in [2.75, 3.05) is 39.6 Å². The number of aliphatic hydroxyl groups excluding tert-OH is 1. The Kier molecular flexibility index (Phi) is 65.9. The van der Waals surface area contributed by atoms with E-state index in [1.54, 1.807) is 0 Å². The molecule has 17 nitrogen and oxygen atoms in total. The molecule has 0 aromatic rings. The van der Waals surface area contributed by atoms with Crippen LogP contribution in [0.4, 0.5) is 0 Å². The van der Waals surface area contributed by atoms with Crippen molar-refractivity contribution in [3.05, 3.63) is 0 Å². The van der Waals surface area contributed by atoms with Crippen LogP contribution in [-0.4, -0.2) is 96.7 Å². The molecule has 0 spiro atoms. The quantitative estimate of drug-likeness (QED) is 0.0222. The van der Waals surface area contributed by atoms with Crippen LogP contribution < -0.4 is 0 Å². The summed E-state index contributed by atoms with van der Waals surface area (Å²) < 4.78 is 68.4. The third-order valence-corrected chi connectivity index (χ3v) is 19.2. The van der Waals surface area contributed by atoms with E-state index in [-0.39, 0.29) is 25.7 Å². The first-order valence-corrected chi connectivity index (χ1v) is 41.6. The molecular formula is C74H144O17P2. The Bertz CT molecular complexity index is 1790. The molecule has 2 unspecified atom stereocenters. The number of hydrogen-bond acceptors (Lipinski definition) is 15. The molecule has 0 aliphatic rings. The topological polar surface area (TPSA) is 237 Å². The van der Waals surface area contributed by atoms with Crippen LogP contribution >= 0.6 is 15.6 Å². The Hall–Kier alpha value is -1.94. The summed E-state index contributed by atoms with van der Waals surface area (Å²) in [5, 5.41) is 10.6.